The van der Waals surface area contributed by atoms with Crippen molar-refractivity contribution >= 4 is 21.7 Å². The Balaban J connectivity index is 2.14. The van der Waals surface area contributed by atoms with Crippen molar-refractivity contribution < 1.29 is 18.3 Å². The van der Waals surface area contributed by atoms with Crippen molar-refractivity contribution in [2.45, 2.75) is 24.9 Å². The van der Waals surface area contributed by atoms with E-state index in [-0.39, 0.29) is 17.1 Å². The molecule has 0 radical (unpaired) electrons. The van der Waals surface area contributed by atoms with Gasteiger partial charge in [-0.15, -0.1) is 0 Å². The standard InChI is InChI=1S/C12H14N4O4S/c1-2-16-7-11(14-8-16)21(19,20)15-10-4-3-9(13-6-10)5-12(17)18/h3-4,6-8,15H,2,5H2,1H3,(H,17,18). The fourth-order valence-corrected chi connectivity index (χ4v) is 2.60. The number of aryl methyl sites for hydroxylation is 1. The number of nitrogens with zero attached hydrogens (tertiary/aromatic N) is 3. The largest absolute Gasteiger partial charge is 0.481 e. The molecule has 0 aliphatic heterocycles. The number of carbonyl (C=O) groups is 1. The van der Waals surface area contributed by atoms with E-state index in [0.717, 1.165) is 0 Å². The Morgan fingerprint density at radius 2 is 2.14 bits per heavy atom. The Hall–Kier alpha value is -2.42. The minimum Gasteiger partial charge on any atom is -0.481 e. The van der Waals surface area contributed by atoms with Gasteiger partial charge in [-0.2, -0.15) is 8.42 Å². The summed E-state index contributed by atoms with van der Waals surface area (Å²) in [5.41, 5.74) is 0.593. The number of aromatic nitrogens is 3. The molecule has 112 valence electrons. The van der Waals surface area contributed by atoms with E-state index in [2.05, 4.69) is 14.7 Å². The van der Waals surface area contributed by atoms with Crippen LogP contribution in [0.5, 0.6) is 0 Å². The highest BCUT2D eigenvalue weighted by atomic mass is 32.2. The Morgan fingerprint density at radius 3 is 2.67 bits per heavy atom. The molecule has 0 saturated carbocycles. The summed E-state index contributed by atoms with van der Waals surface area (Å²) in [6.45, 7) is 2.49. The van der Waals surface area contributed by atoms with Crippen LogP contribution in [-0.4, -0.2) is 34.0 Å². The van der Waals surface area contributed by atoms with Gasteiger partial charge in [0.1, 0.15) is 0 Å². The molecule has 0 spiro atoms. The first-order chi connectivity index (χ1) is 9.90. The van der Waals surface area contributed by atoms with Crippen LogP contribution in [0.2, 0.25) is 0 Å². The van der Waals surface area contributed by atoms with Crippen LogP contribution in [0.25, 0.3) is 0 Å². The maximum Gasteiger partial charge on any atom is 0.309 e. The smallest absolute Gasteiger partial charge is 0.309 e. The van der Waals surface area contributed by atoms with Gasteiger partial charge in [-0.1, -0.05) is 0 Å². The highest BCUT2D eigenvalue weighted by molar-refractivity contribution is 7.92. The Labute approximate surface area is 121 Å². The van der Waals surface area contributed by atoms with E-state index < -0.39 is 16.0 Å². The van der Waals surface area contributed by atoms with Gasteiger partial charge in [0.2, 0.25) is 0 Å². The average molecular weight is 310 g/mol. The lowest BCUT2D eigenvalue weighted by Crippen LogP contribution is -2.14. The van der Waals surface area contributed by atoms with E-state index in [4.69, 9.17) is 5.11 Å². The molecular formula is C12H14N4O4S. The van der Waals surface area contributed by atoms with Crippen LogP contribution in [0.1, 0.15) is 12.6 Å². The van der Waals surface area contributed by atoms with Crippen molar-refractivity contribution in [1.82, 2.24) is 14.5 Å². The number of hydrogen-bond acceptors (Lipinski definition) is 5. The second-order valence-electron chi connectivity index (χ2n) is 4.26. The van der Waals surface area contributed by atoms with Gasteiger partial charge in [-0.25, -0.2) is 4.98 Å². The molecule has 0 aliphatic rings. The van der Waals surface area contributed by atoms with Crippen LogP contribution in [0.15, 0.2) is 35.9 Å². The first kappa shape index (κ1) is 15.0. The lowest BCUT2D eigenvalue weighted by atomic mass is 10.3. The Bertz CT molecular complexity index is 737. The number of imidazole rings is 1. The van der Waals surface area contributed by atoms with Gasteiger partial charge in [0.25, 0.3) is 10.0 Å². The Morgan fingerprint density at radius 1 is 1.38 bits per heavy atom. The number of carboxylic acids is 1. The fraction of sp³-hybridized carbons (Fsp3) is 0.250. The first-order valence-electron chi connectivity index (χ1n) is 6.12. The fourth-order valence-electron chi connectivity index (χ4n) is 1.60. The maximum atomic E-state index is 12.1. The summed E-state index contributed by atoms with van der Waals surface area (Å²) < 4.78 is 28.2. The van der Waals surface area contributed by atoms with Gasteiger partial charge >= 0.3 is 5.97 Å². The number of pyridine rings is 1. The van der Waals surface area contributed by atoms with Crippen molar-refractivity contribution in [2.24, 2.45) is 0 Å². The van der Waals surface area contributed by atoms with Crippen LogP contribution in [-0.2, 0) is 27.8 Å². The van der Waals surface area contributed by atoms with Crippen molar-refractivity contribution in [3.63, 3.8) is 0 Å². The molecule has 2 aromatic heterocycles. The summed E-state index contributed by atoms with van der Waals surface area (Å²) in [6, 6.07) is 2.91. The number of sulfonamides is 1. The van der Waals surface area contributed by atoms with Crippen molar-refractivity contribution in [3.8, 4) is 0 Å². The van der Waals surface area contributed by atoms with Gasteiger partial charge in [-0.3, -0.25) is 14.5 Å². The van der Waals surface area contributed by atoms with Gasteiger partial charge in [-0.05, 0) is 19.1 Å². The zero-order chi connectivity index (χ0) is 15.5. The van der Waals surface area contributed by atoms with Crippen LogP contribution in [0.3, 0.4) is 0 Å². The number of anilines is 1. The topological polar surface area (TPSA) is 114 Å². The highest BCUT2D eigenvalue weighted by Crippen LogP contribution is 2.14. The molecule has 0 bridgehead atoms. The number of nitrogens with one attached hydrogen (secondary N) is 1. The highest BCUT2D eigenvalue weighted by Gasteiger charge is 2.17. The van der Waals surface area contributed by atoms with Gasteiger partial charge in [0, 0.05) is 12.7 Å². The third-order valence-electron chi connectivity index (χ3n) is 2.66. The zero-order valence-electron chi connectivity index (χ0n) is 11.2. The lowest BCUT2D eigenvalue weighted by Gasteiger charge is -2.05. The summed E-state index contributed by atoms with van der Waals surface area (Å²) in [5, 5.41) is 8.55. The molecule has 0 aromatic carbocycles. The van der Waals surface area contributed by atoms with Crippen LogP contribution in [0, 0.1) is 0 Å². The summed E-state index contributed by atoms with van der Waals surface area (Å²) >= 11 is 0. The lowest BCUT2D eigenvalue weighted by molar-refractivity contribution is -0.136. The SMILES string of the molecule is CCn1cnc(S(=O)(=O)Nc2ccc(CC(=O)O)nc2)c1. The molecule has 2 aromatic rings. The minimum absolute atomic E-state index is 0.0843. The molecule has 8 nitrogen and oxygen atoms in total. The quantitative estimate of drug-likeness (QED) is 0.812. The number of carboxylic acid groups (broad SMARTS) is 1. The number of aliphatic carboxylic acids is 1. The van der Waals surface area contributed by atoms with E-state index in [9.17, 15) is 13.2 Å². The molecule has 0 fully saturated rings. The van der Waals surface area contributed by atoms with Crippen LogP contribution >= 0.6 is 0 Å². The number of rotatable bonds is 6. The molecule has 0 amide bonds. The molecule has 0 aliphatic carbocycles. The molecule has 2 N–H and O–H groups in total. The van der Waals surface area contributed by atoms with Gasteiger partial charge in [0.05, 0.1) is 30.3 Å². The van der Waals surface area contributed by atoms with E-state index >= 15 is 0 Å². The number of hydrogen-bond donors (Lipinski definition) is 2. The third-order valence-corrected chi connectivity index (χ3v) is 3.93. The first-order valence-corrected chi connectivity index (χ1v) is 7.60. The van der Waals surface area contributed by atoms with Crippen molar-refractivity contribution in [1.29, 1.82) is 0 Å². The summed E-state index contributed by atoms with van der Waals surface area (Å²) in [7, 11) is -3.78. The summed E-state index contributed by atoms with van der Waals surface area (Å²) in [4.78, 5) is 18.2. The molecule has 0 atom stereocenters. The monoisotopic (exact) mass is 310 g/mol. The molecule has 2 heterocycles. The minimum atomic E-state index is -3.78. The third kappa shape index (κ3) is 3.78. The molecule has 2 rings (SSSR count). The van der Waals surface area contributed by atoms with Crippen molar-refractivity contribution in [3.05, 3.63) is 36.5 Å². The molecule has 0 saturated heterocycles. The van der Waals surface area contributed by atoms with E-state index in [1.807, 2.05) is 6.92 Å². The normalized spacial score (nSPS) is 11.3. The van der Waals surface area contributed by atoms with Gasteiger partial charge in [0.15, 0.2) is 5.03 Å². The maximum absolute atomic E-state index is 12.1. The summed E-state index contributed by atoms with van der Waals surface area (Å²) in [5.74, 6) is -0.999. The van der Waals surface area contributed by atoms with E-state index in [1.54, 1.807) is 4.57 Å². The predicted molar refractivity (Wildman–Crippen MR) is 74.3 cm³/mol. The molecule has 21 heavy (non-hydrogen) atoms. The van der Waals surface area contributed by atoms with Crippen LogP contribution < -0.4 is 4.72 Å². The van der Waals surface area contributed by atoms with Gasteiger partial charge < -0.3 is 9.67 Å². The second kappa shape index (κ2) is 5.92. The van der Waals surface area contributed by atoms with Crippen molar-refractivity contribution in [2.75, 3.05) is 4.72 Å². The Kier molecular flexibility index (Phi) is 4.22. The summed E-state index contributed by atoms with van der Waals surface area (Å²) in [6.07, 6.45) is 3.91. The zero-order valence-corrected chi connectivity index (χ0v) is 12.0. The molecular weight excluding hydrogens is 296 g/mol. The van der Waals surface area contributed by atoms with E-state index in [1.165, 1.54) is 30.9 Å². The molecule has 0 unspecified atom stereocenters. The second-order valence-corrected chi connectivity index (χ2v) is 5.89. The average Bonchev–Trinajstić information content (AvgIpc) is 2.90. The molecule has 9 heteroatoms. The van der Waals surface area contributed by atoms with E-state index in [0.29, 0.717) is 12.2 Å². The predicted octanol–water partition coefficient (Wildman–Crippen LogP) is 0.726. The van der Waals surface area contributed by atoms with Crippen LogP contribution in [0.4, 0.5) is 5.69 Å².